The fourth-order valence-electron chi connectivity index (χ4n) is 1.41. The molecule has 0 aliphatic carbocycles. The molecule has 0 bridgehead atoms. The molecule has 0 heterocycles. The highest BCUT2D eigenvalue weighted by Gasteiger charge is 2.30. The van der Waals surface area contributed by atoms with Crippen molar-refractivity contribution in [3.8, 4) is 0 Å². The Labute approximate surface area is 103 Å². The Hall–Kier alpha value is -1.56. The van der Waals surface area contributed by atoms with E-state index in [2.05, 4.69) is 5.32 Å². The van der Waals surface area contributed by atoms with Crippen LogP contribution in [0.25, 0.3) is 0 Å². The lowest BCUT2D eigenvalue weighted by Crippen LogP contribution is -2.25. The summed E-state index contributed by atoms with van der Waals surface area (Å²) in [4.78, 5) is 11.6. The van der Waals surface area contributed by atoms with Crippen molar-refractivity contribution in [2.45, 2.75) is 19.0 Å². The summed E-state index contributed by atoms with van der Waals surface area (Å²) in [5.41, 5.74) is 4.48. The number of nitrogens with one attached hydrogen (secondary N) is 1. The summed E-state index contributed by atoms with van der Waals surface area (Å²) in [6.45, 7) is 0.936. The summed E-state index contributed by atoms with van der Waals surface area (Å²) >= 11 is 0. The molecule has 0 saturated heterocycles. The van der Waals surface area contributed by atoms with Crippen molar-refractivity contribution in [2.24, 2.45) is 5.73 Å². The summed E-state index contributed by atoms with van der Waals surface area (Å²) in [6.07, 6.45) is -2.96. The Morgan fingerprint density at radius 2 is 2.00 bits per heavy atom. The number of unbranched alkanes of at least 4 members (excludes halogenated alkanes) is 1. The van der Waals surface area contributed by atoms with Crippen LogP contribution in [-0.2, 0) is 6.18 Å². The third-order valence-corrected chi connectivity index (χ3v) is 2.37. The number of hydrogen-bond donors (Lipinski definition) is 2. The minimum atomic E-state index is -4.43. The molecule has 0 unspecified atom stereocenters. The quantitative estimate of drug-likeness (QED) is 0.797. The van der Waals surface area contributed by atoms with Crippen LogP contribution in [0.3, 0.4) is 0 Å². The van der Waals surface area contributed by atoms with E-state index in [1.807, 2.05) is 0 Å². The zero-order valence-electron chi connectivity index (χ0n) is 9.76. The molecule has 100 valence electrons. The second-order valence-corrected chi connectivity index (χ2v) is 3.83. The lowest BCUT2D eigenvalue weighted by atomic mass is 10.1. The third-order valence-electron chi connectivity index (χ3n) is 2.37. The van der Waals surface area contributed by atoms with Gasteiger partial charge in [-0.05, 0) is 37.6 Å². The lowest BCUT2D eigenvalue weighted by Gasteiger charge is -2.09. The van der Waals surface area contributed by atoms with Crippen molar-refractivity contribution in [2.75, 3.05) is 13.1 Å². The van der Waals surface area contributed by atoms with Crippen LogP contribution >= 0.6 is 0 Å². The number of amides is 1. The zero-order valence-corrected chi connectivity index (χ0v) is 9.76. The van der Waals surface area contributed by atoms with E-state index >= 15 is 0 Å². The summed E-state index contributed by atoms with van der Waals surface area (Å²) in [7, 11) is 0. The van der Waals surface area contributed by atoms with Crippen molar-refractivity contribution in [1.29, 1.82) is 0 Å². The number of carbonyl (C=O) groups excluding carboxylic acids is 1. The fraction of sp³-hybridized carbons (Fsp3) is 0.417. The van der Waals surface area contributed by atoms with E-state index in [1.54, 1.807) is 0 Å². The minimum Gasteiger partial charge on any atom is -0.352 e. The normalized spacial score (nSPS) is 11.3. The predicted octanol–water partition coefficient (Wildman–Crippen LogP) is 2.17. The van der Waals surface area contributed by atoms with E-state index < -0.39 is 17.6 Å². The second kappa shape index (κ2) is 6.39. The number of carbonyl (C=O) groups is 1. The van der Waals surface area contributed by atoms with Crippen LogP contribution in [0.15, 0.2) is 24.3 Å². The van der Waals surface area contributed by atoms with E-state index in [4.69, 9.17) is 5.73 Å². The number of benzene rings is 1. The molecule has 1 amide bonds. The van der Waals surface area contributed by atoms with Crippen LogP contribution in [0.4, 0.5) is 13.2 Å². The standard InChI is InChI=1S/C12H15F3N2O/c13-12(14,15)10-5-3-4-9(8-10)11(18)17-7-2-1-6-16/h3-5,8H,1-2,6-7,16H2,(H,17,18). The number of hydrogen-bond acceptors (Lipinski definition) is 2. The van der Waals surface area contributed by atoms with Gasteiger partial charge in [0.05, 0.1) is 5.56 Å². The highest BCUT2D eigenvalue weighted by molar-refractivity contribution is 5.94. The molecule has 18 heavy (non-hydrogen) atoms. The molecule has 0 saturated carbocycles. The van der Waals surface area contributed by atoms with Gasteiger partial charge in [-0.25, -0.2) is 0 Å². The van der Waals surface area contributed by atoms with E-state index in [1.165, 1.54) is 12.1 Å². The van der Waals surface area contributed by atoms with E-state index in [0.717, 1.165) is 18.6 Å². The van der Waals surface area contributed by atoms with Crippen molar-refractivity contribution in [3.05, 3.63) is 35.4 Å². The van der Waals surface area contributed by atoms with Gasteiger partial charge in [-0.2, -0.15) is 13.2 Å². The van der Waals surface area contributed by atoms with Crippen LogP contribution < -0.4 is 11.1 Å². The molecule has 0 fully saturated rings. The Balaban J connectivity index is 2.63. The second-order valence-electron chi connectivity index (χ2n) is 3.83. The molecular formula is C12H15F3N2O. The Bertz CT molecular complexity index is 405. The summed E-state index contributed by atoms with van der Waals surface area (Å²) in [5.74, 6) is -0.502. The zero-order chi connectivity index (χ0) is 13.6. The smallest absolute Gasteiger partial charge is 0.352 e. The first-order valence-electron chi connectivity index (χ1n) is 5.60. The molecule has 1 aromatic rings. The summed E-state index contributed by atoms with van der Waals surface area (Å²) in [5, 5.41) is 2.55. The van der Waals surface area contributed by atoms with Gasteiger partial charge in [-0.3, -0.25) is 4.79 Å². The van der Waals surface area contributed by atoms with Gasteiger partial charge in [0.2, 0.25) is 0 Å². The van der Waals surface area contributed by atoms with E-state index in [-0.39, 0.29) is 5.56 Å². The first-order valence-corrected chi connectivity index (χ1v) is 5.60. The highest BCUT2D eigenvalue weighted by Crippen LogP contribution is 2.29. The molecular weight excluding hydrogens is 245 g/mol. The van der Waals surface area contributed by atoms with Gasteiger partial charge < -0.3 is 11.1 Å². The first kappa shape index (κ1) is 14.5. The Morgan fingerprint density at radius 1 is 1.28 bits per heavy atom. The van der Waals surface area contributed by atoms with Crippen LogP contribution in [0.2, 0.25) is 0 Å². The van der Waals surface area contributed by atoms with Crippen LogP contribution in [0, 0.1) is 0 Å². The number of nitrogens with two attached hydrogens (primary N) is 1. The van der Waals surface area contributed by atoms with Gasteiger partial charge in [0, 0.05) is 12.1 Å². The van der Waals surface area contributed by atoms with Gasteiger partial charge in [-0.15, -0.1) is 0 Å². The minimum absolute atomic E-state index is 0.0116. The molecule has 0 aromatic heterocycles. The monoisotopic (exact) mass is 260 g/mol. The molecule has 0 spiro atoms. The van der Waals surface area contributed by atoms with Crippen LogP contribution in [-0.4, -0.2) is 19.0 Å². The van der Waals surface area contributed by atoms with Gasteiger partial charge in [0.25, 0.3) is 5.91 Å². The van der Waals surface area contributed by atoms with Crippen molar-refractivity contribution >= 4 is 5.91 Å². The molecule has 3 nitrogen and oxygen atoms in total. The molecule has 0 radical (unpaired) electrons. The maximum atomic E-state index is 12.4. The van der Waals surface area contributed by atoms with Crippen molar-refractivity contribution in [1.82, 2.24) is 5.32 Å². The van der Waals surface area contributed by atoms with Gasteiger partial charge in [0.1, 0.15) is 0 Å². The maximum absolute atomic E-state index is 12.4. The predicted molar refractivity (Wildman–Crippen MR) is 62.1 cm³/mol. The van der Waals surface area contributed by atoms with Gasteiger partial charge >= 0.3 is 6.18 Å². The average Bonchev–Trinajstić information content (AvgIpc) is 2.33. The Morgan fingerprint density at radius 3 is 2.61 bits per heavy atom. The third kappa shape index (κ3) is 4.37. The van der Waals surface area contributed by atoms with Crippen molar-refractivity contribution in [3.63, 3.8) is 0 Å². The molecule has 1 rings (SSSR count). The molecule has 0 atom stereocenters. The maximum Gasteiger partial charge on any atom is 0.416 e. The number of alkyl halides is 3. The molecule has 0 aliphatic heterocycles. The van der Waals surface area contributed by atoms with E-state index in [9.17, 15) is 18.0 Å². The SMILES string of the molecule is NCCCCNC(=O)c1cccc(C(F)(F)F)c1. The first-order chi connectivity index (χ1) is 8.45. The molecule has 3 N–H and O–H groups in total. The van der Waals surface area contributed by atoms with Crippen LogP contribution in [0.1, 0.15) is 28.8 Å². The molecule has 0 aliphatic rings. The average molecular weight is 260 g/mol. The van der Waals surface area contributed by atoms with Crippen LogP contribution in [0.5, 0.6) is 0 Å². The summed E-state index contributed by atoms with van der Waals surface area (Å²) in [6, 6.07) is 4.36. The van der Waals surface area contributed by atoms with E-state index in [0.29, 0.717) is 19.5 Å². The lowest BCUT2D eigenvalue weighted by molar-refractivity contribution is -0.137. The molecule has 1 aromatic carbocycles. The highest BCUT2D eigenvalue weighted by atomic mass is 19.4. The van der Waals surface area contributed by atoms with Crippen molar-refractivity contribution < 1.29 is 18.0 Å². The Kier molecular flexibility index (Phi) is 5.15. The van der Waals surface area contributed by atoms with Gasteiger partial charge in [-0.1, -0.05) is 6.07 Å². The number of rotatable bonds is 5. The van der Waals surface area contributed by atoms with Gasteiger partial charge in [0.15, 0.2) is 0 Å². The summed E-state index contributed by atoms with van der Waals surface area (Å²) < 4.78 is 37.3. The number of halogens is 3. The topological polar surface area (TPSA) is 55.1 Å². The largest absolute Gasteiger partial charge is 0.416 e. The fourth-order valence-corrected chi connectivity index (χ4v) is 1.41. The molecule has 6 heteroatoms.